The van der Waals surface area contributed by atoms with Crippen LogP contribution in [0.3, 0.4) is 0 Å². The minimum Gasteiger partial charge on any atom is -0.481 e. The summed E-state index contributed by atoms with van der Waals surface area (Å²) < 4.78 is 0. The molecular formula is C16H25N3O4. The number of rotatable bonds is 3. The van der Waals surface area contributed by atoms with Gasteiger partial charge in [-0.15, -0.1) is 0 Å². The van der Waals surface area contributed by atoms with Gasteiger partial charge in [0.1, 0.15) is 0 Å². The first kappa shape index (κ1) is 16.1. The molecule has 1 saturated carbocycles. The summed E-state index contributed by atoms with van der Waals surface area (Å²) in [6.45, 7) is 2.28. The van der Waals surface area contributed by atoms with Crippen molar-refractivity contribution < 1.29 is 19.5 Å². The van der Waals surface area contributed by atoms with Crippen LogP contribution < -0.4 is 5.32 Å². The van der Waals surface area contributed by atoms with E-state index in [4.69, 9.17) is 0 Å². The van der Waals surface area contributed by atoms with Crippen LogP contribution in [-0.2, 0) is 9.59 Å². The Balaban J connectivity index is 1.51. The maximum Gasteiger partial charge on any atom is 0.317 e. The van der Waals surface area contributed by atoms with E-state index in [1.165, 1.54) is 0 Å². The largest absolute Gasteiger partial charge is 0.481 e. The fraction of sp³-hybridized carbons (Fsp3) is 0.812. The number of likely N-dealkylation sites (tertiary alicyclic amines) is 2. The summed E-state index contributed by atoms with van der Waals surface area (Å²) in [6.07, 6.45) is 5.62. The highest BCUT2D eigenvalue weighted by atomic mass is 16.4. The molecule has 0 aromatic rings. The zero-order valence-corrected chi connectivity index (χ0v) is 13.4. The molecule has 3 aliphatic rings. The number of nitrogens with one attached hydrogen (secondary N) is 1. The predicted molar refractivity (Wildman–Crippen MR) is 82.8 cm³/mol. The summed E-state index contributed by atoms with van der Waals surface area (Å²) in [5.41, 5.74) is -0.770. The van der Waals surface area contributed by atoms with Gasteiger partial charge in [-0.3, -0.25) is 9.59 Å². The Hall–Kier alpha value is -1.79. The van der Waals surface area contributed by atoms with Crippen molar-refractivity contribution >= 4 is 17.9 Å². The Morgan fingerprint density at radius 1 is 1.09 bits per heavy atom. The van der Waals surface area contributed by atoms with Crippen molar-refractivity contribution in [3.05, 3.63) is 0 Å². The lowest BCUT2D eigenvalue weighted by Crippen LogP contribution is -2.47. The number of piperidine rings is 1. The molecule has 1 aliphatic carbocycles. The fourth-order valence-corrected chi connectivity index (χ4v) is 4.31. The lowest BCUT2D eigenvalue weighted by atomic mass is 9.81. The molecule has 7 nitrogen and oxygen atoms in total. The second kappa shape index (κ2) is 6.37. The van der Waals surface area contributed by atoms with E-state index in [1.54, 1.807) is 9.80 Å². The van der Waals surface area contributed by atoms with Gasteiger partial charge in [0.2, 0.25) is 5.91 Å². The Morgan fingerprint density at radius 3 is 2.48 bits per heavy atom. The van der Waals surface area contributed by atoms with Gasteiger partial charge in [-0.25, -0.2) is 4.79 Å². The molecule has 7 heteroatoms. The number of hydrogen-bond acceptors (Lipinski definition) is 3. The van der Waals surface area contributed by atoms with Crippen molar-refractivity contribution in [3.8, 4) is 0 Å². The molecule has 0 radical (unpaired) electrons. The second-order valence-electron chi connectivity index (χ2n) is 7.03. The number of fused-ring (bicyclic) bond motifs is 1. The molecule has 0 bridgehead atoms. The number of aliphatic carboxylic acids is 1. The Labute approximate surface area is 136 Å². The summed E-state index contributed by atoms with van der Waals surface area (Å²) >= 11 is 0. The van der Waals surface area contributed by atoms with Gasteiger partial charge in [0.15, 0.2) is 0 Å². The van der Waals surface area contributed by atoms with Crippen molar-refractivity contribution in [2.24, 2.45) is 11.3 Å². The van der Waals surface area contributed by atoms with Crippen LogP contribution in [0.5, 0.6) is 0 Å². The molecule has 128 valence electrons. The van der Waals surface area contributed by atoms with Crippen LogP contribution in [-0.4, -0.2) is 65.5 Å². The van der Waals surface area contributed by atoms with E-state index in [9.17, 15) is 19.5 Å². The van der Waals surface area contributed by atoms with Gasteiger partial charge in [-0.1, -0.05) is 6.42 Å². The standard InChI is InChI=1S/C16H25N3O4/c20-13(18-7-2-1-3-8-18)9-17-15(23)19-10-12-5-4-6-16(12,11-19)14(21)22/h12H,1-11H2,(H,17,23)(H,21,22)/t12-,16+/m0/s1. The highest BCUT2D eigenvalue weighted by Crippen LogP contribution is 2.48. The van der Waals surface area contributed by atoms with E-state index in [1.807, 2.05) is 0 Å². The monoisotopic (exact) mass is 323 g/mol. The molecule has 3 fully saturated rings. The van der Waals surface area contributed by atoms with E-state index in [0.29, 0.717) is 13.0 Å². The van der Waals surface area contributed by atoms with Gasteiger partial charge in [-0.05, 0) is 38.0 Å². The van der Waals surface area contributed by atoms with E-state index >= 15 is 0 Å². The number of hydrogen-bond donors (Lipinski definition) is 2. The minimum atomic E-state index is -0.792. The highest BCUT2D eigenvalue weighted by molar-refractivity contribution is 5.85. The van der Waals surface area contributed by atoms with Gasteiger partial charge in [-0.2, -0.15) is 0 Å². The van der Waals surface area contributed by atoms with Crippen LogP contribution in [0.25, 0.3) is 0 Å². The zero-order valence-electron chi connectivity index (χ0n) is 13.4. The fourth-order valence-electron chi connectivity index (χ4n) is 4.31. The first-order valence-electron chi connectivity index (χ1n) is 8.57. The number of carboxylic acid groups (broad SMARTS) is 1. The molecule has 2 atom stereocenters. The van der Waals surface area contributed by atoms with Crippen LogP contribution >= 0.6 is 0 Å². The molecule has 0 unspecified atom stereocenters. The van der Waals surface area contributed by atoms with Crippen LogP contribution in [0, 0.1) is 11.3 Å². The van der Waals surface area contributed by atoms with Crippen LogP contribution in [0.2, 0.25) is 0 Å². The quantitative estimate of drug-likeness (QED) is 0.807. The summed E-state index contributed by atoms with van der Waals surface area (Å²) in [5, 5.41) is 12.2. The lowest BCUT2D eigenvalue weighted by molar-refractivity contribution is -0.149. The number of carbonyl (C=O) groups is 3. The summed E-state index contributed by atoms with van der Waals surface area (Å²) in [7, 11) is 0. The van der Waals surface area contributed by atoms with Gasteiger partial charge in [0.05, 0.1) is 12.0 Å². The third-order valence-corrected chi connectivity index (χ3v) is 5.68. The Kier molecular flexibility index (Phi) is 4.46. The maximum atomic E-state index is 12.3. The van der Waals surface area contributed by atoms with Crippen molar-refractivity contribution in [1.82, 2.24) is 15.1 Å². The van der Waals surface area contributed by atoms with Crippen molar-refractivity contribution in [2.45, 2.75) is 38.5 Å². The average Bonchev–Trinajstić information content (AvgIpc) is 3.11. The van der Waals surface area contributed by atoms with E-state index in [0.717, 1.165) is 45.2 Å². The van der Waals surface area contributed by atoms with Crippen molar-refractivity contribution in [2.75, 3.05) is 32.7 Å². The molecule has 0 spiro atoms. The van der Waals surface area contributed by atoms with Crippen molar-refractivity contribution in [3.63, 3.8) is 0 Å². The third kappa shape index (κ3) is 3.01. The predicted octanol–water partition coefficient (Wildman–Crippen LogP) is 0.895. The molecule has 0 aromatic carbocycles. The molecule has 0 aromatic heterocycles. The van der Waals surface area contributed by atoms with Crippen molar-refractivity contribution in [1.29, 1.82) is 0 Å². The SMILES string of the molecule is O=C(CNC(=O)N1C[C@@H]2CCC[C@@]2(C(=O)O)C1)N1CCCCC1. The number of amides is 3. The lowest BCUT2D eigenvalue weighted by Gasteiger charge is -2.27. The molecule has 3 amide bonds. The molecular weight excluding hydrogens is 298 g/mol. The van der Waals surface area contributed by atoms with Gasteiger partial charge >= 0.3 is 12.0 Å². The second-order valence-corrected chi connectivity index (χ2v) is 7.03. The molecule has 2 aliphatic heterocycles. The molecule has 3 rings (SSSR count). The Morgan fingerprint density at radius 2 is 1.83 bits per heavy atom. The van der Waals surface area contributed by atoms with Crippen LogP contribution in [0.15, 0.2) is 0 Å². The van der Waals surface area contributed by atoms with Gasteiger partial charge in [0, 0.05) is 26.2 Å². The Bertz CT molecular complexity index is 504. The summed E-state index contributed by atoms with van der Waals surface area (Å²) in [4.78, 5) is 39.4. The summed E-state index contributed by atoms with van der Waals surface area (Å²) in [5.74, 6) is -0.798. The number of carbonyl (C=O) groups excluding carboxylic acids is 2. The highest BCUT2D eigenvalue weighted by Gasteiger charge is 2.55. The average molecular weight is 323 g/mol. The molecule has 2 N–H and O–H groups in total. The van der Waals surface area contributed by atoms with Crippen LogP contribution in [0.4, 0.5) is 4.79 Å². The smallest absolute Gasteiger partial charge is 0.317 e. The first-order valence-corrected chi connectivity index (χ1v) is 8.57. The normalized spacial score (nSPS) is 30.2. The zero-order chi connectivity index (χ0) is 16.4. The van der Waals surface area contributed by atoms with Gasteiger partial charge < -0.3 is 20.2 Å². The van der Waals surface area contributed by atoms with Crippen LogP contribution in [0.1, 0.15) is 38.5 Å². The number of nitrogens with zero attached hydrogens (tertiary/aromatic N) is 2. The minimum absolute atomic E-state index is 0.0000709. The molecule has 23 heavy (non-hydrogen) atoms. The first-order chi connectivity index (χ1) is 11.0. The van der Waals surface area contributed by atoms with Gasteiger partial charge in [0.25, 0.3) is 0 Å². The number of urea groups is 1. The molecule has 2 heterocycles. The number of carboxylic acids is 1. The topological polar surface area (TPSA) is 90.0 Å². The maximum absolute atomic E-state index is 12.3. The third-order valence-electron chi connectivity index (χ3n) is 5.68. The summed E-state index contributed by atoms with van der Waals surface area (Å²) in [6, 6.07) is -0.314. The molecule has 2 saturated heterocycles. The van der Waals surface area contributed by atoms with E-state index < -0.39 is 11.4 Å². The van der Waals surface area contributed by atoms with E-state index in [2.05, 4.69) is 5.32 Å². The van der Waals surface area contributed by atoms with E-state index in [-0.39, 0.29) is 30.9 Å².